The van der Waals surface area contributed by atoms with E-state index in [-0.39, 0.29) is 5.54 Å². The van der Waals surface area contributed by atoms with Crippen molar-refractivity contribution in [3.8, 4) is 0 Å². The van der Waals surface area contributed by atoms with Crippen LogP contribution in [0.3, 0.4) is 0 Å². The van der Waals surface area contributed by atoms with Gasteiger partial charge in [-0.05, 0) is 58.0 Å². The molecule has 0 aliphatic carbocycles. The minimum Gasteiger partial charge on any atom is -0.436 e. The highest BCUT2D eigenvalue weighted by molar-refractivity contribution is 7.99. The molecule has 114 valence electrons. The van der Waals surface area contributed by atoms with Crippen molar-refractivity contribution in [3.05, 3.63) is 40.2 Å². The van der Waals surface area contributed by atoms with Gasteiger partial charge in [-0.1, -0.05) is 23.7 Å². The molecule has 0 fully saturated rings. The second-order valence-electron chi connectivity index (χ2n) is 6.06. The number of halogens is 1. The Labute approximate surface area is 135 Å². The number of nitrogens with one attached hydrogen (secondary N) is 1. The van der Waals surface area contributed by atoms with Gasteiger partial charge in [-0.15, -0.1) is 0 Å². The first kappa shape index (κ1) is 16.4. The highest BCUT2D eigenvalue weighted by atomic mass is 35.5. The van der Waals surface area contributed by atoms with Gasteiger partial charge in [0.1, 0.15) is 5.76 Å². The first-order chi connectivity index (χ1) is 9.76. The van der Waals surface area contributed by atoms with Crippen LogP contribution in [-0.2, 0) is 6.54 Å². The Balaban J connectivity index is 2.25. The highest BCUT2D eigenvalue weighted by Gasteiger charge is 2.15. The second-order valence-corrected chi connectivity index (χ2v) is 7.42. The van der Waals surface area contributed by atoms with Gasteiger partial charge in [0.25, 0.3) is 5.22 Å². The molecule has 1 aromatic heterocycles. The van der Waals surface area contributed by atoms with Crippen LogP contribution in [-0.4, -0.2) is 10.5 Å². The van der Waals surface area contributed by atoms with Gasteiger partial charge >= 0.3 is 0 Å². The topological polar surface area (TPSA) is 38.1 Å². The summed E-state index contributed by atoms with van der Waals surface area (Å²) >= 11 is 7.83. The van der Waals surface area contributed by atoms with E-state index in [1.165, 1.54) is 11.8 Å². The number of rotatable bonds is 4. The molecule has 21 heavy (non-hydrogen) atoms. The van der Waals surface area contributed by atoms with Crippen molar-refractivity contribution in [1.82, 2.24) is 10.3 Å². The first-order valence-electron chi connectivity index (χ1n) is 6.90. The number of nitrogens with zero attached hydrogens (tertiary/aromatic N) is 1. The normalized spacial score (nSPS) is 11.9. The Morgan fingerprint density at radius 1 is 1.29 bits per heavy atom. The van der Waals surface area contributed by atoms with Crippen LogP contribution in [0.25, 0.3) is 0 Å². The van der Waals surface area contributed by atoms with Gasteiger partial charge in [0.15, 0.2) is 0 Å². The van der Waals surface area contributed by atoms with E-state index in [0.29, 0.717) is 5.22 Å². The fraction of sp³-hybridized carbons (Fsp3) is 0.438. The van der Waals surface area contributed by atoms with E-state index in [1.54, 1.807) is 0 Å². The first-order valence-corrected chi connectivity index (χ1v) is 8.10. The van der Waals surface area contributed by atoms with Gasteiger partial charge in [0.05, 0.1) is 10.7 Å². The molecule has 5 heteroatoms. The third-order valence-electron chi connectivity index (χ3n) is 3.06. The molecule has 1 aromatic carbocycles. The summed E-state index contributed by atoms with van der Waals surface area (Å²) < 4.78 is 5.65. The maximum atomic E-state index is 6.36. The van der Waals surface area contributed by atoms with E-state index in [2.05, 4.69) is 37.1 Å². The Morgan fingerprint density at radius 3 is 2.57 bits per heavy atom. The van der Waals surface area contributed by atoms with Gasteiger partial charge in [0, 0.05) is 17.0 Å². The quantitative estimate of drug-likeness (QED) is 0.860. The number of benzene rings is 1. The molecule has 0 radical (unpaired) electrons. The second kappa shape index (κ2) is 6.42. The predicted molar refractivity (Wildman–Crippen MR) is 88.1 cm³/mol. The van der Waals surface area contributed by atoms with Crippen LogP contribution < -0.4 is 5.32 Å². The molecular weight excluding hydrogens is 304 g/mol. The van der Waals surface area contributed by atoms with Crippen LogP contribution in [0.1, 0.15) is 37.8 Å². The minimum absolute atomic E-state index is 0.0559. The van der Waals surface area contributed by atoms with Crippen molar-refractivity contribution in [2.45, 2.75) is 56.8 Å². The number of oxazole rings is 1. The smallest absolute Gasteiger partial charge is 0.261 e. The highest BCUT2D eigenvalue weighted by Crippen LogP contribution is 2.36. The zero-order chi connectivity index (χ0) is 15.6. The van der Waals surface area contributed by atoms with Gasteiger partial charge < -0.3 is 9.73 Å². The Morgan fingerprint density at radius 2 is 2.00 bits per heavy atom. The van der Waals surface area contributed by atoms with Crippen LogP contribution in [0.5, 0.6) is 0 Å². The fourth-order valence-corrected chi connectivity index (χ4v) is 3.01. The molecule has 1 N–H and O–H groups in total. The summed E-state index contributed by atoms with van der Waals surface area (Å²) in [6.07, 6.45) is 0. The van der Waals surface area contributed by atoms with Crippen molar-refractivity contribution in [2.75, 3.05) is 0 Å². The molecule has 0 aliphatic heterocycles. The molecule has 3 nitrogen and oxygen atoms in total. The number of aromatic nitrogens is 1. The number of aryl methyl sites for hydroxylation is 2. The summed E-state index contributed by atoms with van der Waals surface area (Å²) in [6.45, 7) is 11.0. The molecule has 2 rings (SSSR count). The Bertz CT molecular complexity index is 612. The third-order valence-corrected chi connectivity index (χ3v) is 4.52. The Kier molecular flexibility index (Phi) is 5.02. The standard InChI is InChI=1S/C16H21ClN2OS/c1-10-11(2)20-15(19-10)21-14-12(7-6-8-13(14)17)9-18-16(3,4)5/h6-8,18H,9H2,1-5H3. The van der Waals surface area contributed by atoms with Crippen molar-refractivity contribution in [2.24, 2.45) is 0 Å². The molecule has 0 amide bonds. The summed E-state index contributed by atoms with van der Waals surface area (Å²) in [5.74, 6) is 0.846. The van der Waals surface area contributed by atoms with Crippen LogP contribution in [0.2, 0.25) is 5.02 Å². The van der Waals surface area contributed by atoms with Crippen molar-refractivity contribution < 1.29 is 4.42 Å². The summed E-state index contributed by atoms with van der Waals surface area (Å²) in [7, 11) is 0. The molecule has 0 saturated heterocycles. The molecule has 0 aliphatic rings. The van der Waals surface area contributed by atoms with Crippen LogP contribution in [0, 0.1) is 13.8 Å². The fourth-order valence-electron chi connectivity index (χ4n) is 1.74. The molecule has 1 heterocycles. The lowest BCUT2D eigenvalue weighted by Crippen LogP contribution is -2.35. The van der Waals surface area contributed by atoms with E-state index in [0.717, 1.165) is 33.5 Å². The maximum absolute atomic E-state index is 6.36. The largest absolute Gasteiger partial charge is 0.436 e. The molecule has 2 aromatic rings. The predicted octanol–water partition coefficient (Wildman–Crippen LogP) is 4.98. The minimum atomic E-state index is 0.0559. The molecule has 0 unspecified atom stereocenters. The monoisotopic (exact) mass is 324 g/mol. The van der Waals surface area contributed by atoms with Crippen LogP contribution >= 0.6 is 23.4 Å². The lowest BCUT2D eigenvalue weighted by atomic mass is 10.1. The number of hydrogen-bond donors (Lipinski definition) is 1. The Hall–Kier alpha value is -0.970. The van der Waals surface area contributed by atoms with E-state index < -0.39 is 0 Å². The van der Waals surface area contributed by atoms with E-state index >= 15 is 0 Å². The molecule has 0 atom stereocenters. The SMILES string of the molecule is Cc1nc(Sc2c(Cl)cccc2CNC(C)(C)C)oc1C. The lowest BCUT2D eigenvalue weighted by Gasteiger charge is -2.21. The van der Waals surface area contributed by atoms with Crippen LogP contribution in [0.4, 0.5) is 0 Å². The van der Waals surface area contributed by atoms with Gasteiger partial charge in [-0.25, -0.2) is 4.98 Å². The summed E-state index contributed by atoms with van der Waals surface area (Å²) in [6, 6.07) is 5.95. The van der Waals surface area contributed by atoms with E-state index in [9.17, 15) is 0 Å². The third kappa shape index (κ3) is 4.50. The summed E-state index contributed by atoms with van der Waals surface area (Å²) in [5, 5.41) is 4.84. The lowest BCUT2D eigenvalue weighted by molar-refractivity contribution is 0.422. The zero-order valence-corrected chi connectivity index (χ0v) is 14.7. The average molecular weight is 325 g/mol. The van der Waals surface area contributed by atoms with Crippen LogP contribution in [0.15, 0.2) is 32.7 Å². The molecule has 0 bridgehead atoms. The number of hydrogen-bond acceptors (Lipinski definition) is 4. The molecular formula is C16H21ClN2OS. The summed E-state index contributed by atoms with van der Waals surface area (Å²) in [4.78, 5) is 5.41. The van der Waals surface area contributed by atoms with Crippen molar-refractivity contribution in [1.29, 1.82) is 0 Å². The average Bonchev–Trinajstić information content (AvgIpc) is 2.68. The summed E-state index contributed by atoms with van der Waals surface area (Å²) in [5.41, 5.74) is 2.12. The van der Waals surface area contributed by atoms with E-state index in [4.69, 9.17) is 16.0 Å². The molecule has 0 saturated carbocycles. The van der Waals surface area contributed by atoms with Gasteiger partial charge in [-0.3, -0.25) is 0 Å². The van der Waals surface area contributed by atoms with Gasteiger partial charge in [0.2, 0.25) is 0 Å². The van der Waals surface area contributed by atoms with Crippen molar-refractivity contribution in [3.63, 3.8) is 0 Å². The maximum Gasteiger partial charge on any atom is 0.261 e. The molecule has 0 spiro atoms. The zero-order valence-electron chi connectivity index (χ0n) is 13.1. The van der Waals surface area contributed by atoms with Gasteiger partial charge in [-0.2, -0.15) is 0 Å². The van der Waals surface area contributed by atoms with E-state index in [1.807, 2.05) is 26.0 Å². The van der Waals surface area contributed by atoms with Crippen molar-refractivity contribution >= 4 is 23.4 Å².